The Balaban J connectivity index is 1.82. The van der Waals surface area contributed by atoms with E-state index >= 15 is 0 Å². The second kappa shape index (κ2) is 5.68. The van der Waals surface area contributed by atoms with Crippen LogP contribution in [0, 0.1) is 0 Å². The van der Waals surface area contributed by atoms with Crippen molar-refractivity contribution in [1.29, 1.82) is 0 Å². The van der Waals surface area contributed by atoms with Gasteiger partial charge in [0.1, 0.15) is 0 Å². The molecule has 7 heteroatoms. The summed E-state index contributed by atoms with van der Waals surface area (Å²) < 4.78 is 2.93. The Morgan fingerprint density at radius 2 is 2.00 bits per heavy atom. The maximum absolute atomic E-state index is 12.4. The predicted octanol–water partition coefficient (Wildman–Crippen LogP) is 2.52. The van der Waals surface area contributed by atoms with Gasteiger partial charge in [0.25, 0.3) is 5.56 Å². The van der Waals surface area contributed by atoms with E-state index in [1.807, 2.05) is 36.4 Å². The SMILES string of the molecule is O=c1/c(=C/c2cccnc2)sc2nc(-c3ccc(Br)cc3)nn12. The molecule has 0 aliphatic rings. The van der Waals surface area contributed by atoms with E-state index in [0.29, 0.717) is 15.3 Å². The first kappa shape index (κ1) is 14.2. The highest BCUT2D eigenvalue weighted by atomic mass is 79.9. The minimum absolute atomic E-state index is 0.162. The first-order chi connectivity index (χ1) is 11.2. The van der Waals surface area contributed by atoms with E-state index in [9.17, 15) is 4.79 Å². The molecule has 0 saturated carbocycles. The van der Waals surface area contributed by atoms with Gasteiger partial charge in [-0.1, -0.05) is 45.5 Å². The zero-order valence-electron chi connectivity index (χ0n) is 11.7. The van der Waals surface area contributed by atoms with Gasteiger partial charge in [0, 0.05) is 22.4 Å². The van der Waals surface area contributed by atoms with E-state index in [4.69, 9.17) is 0 Å². The Hall–Kier alpha value is -2.38. The molecule has 1 aromatic carbocycles. The van der Waals surface area contributed by atoms with Crippen molar-refractivity contribution >= 4 is 38.3 Å². The van der Waals surface area contributed by atoms with E-state index in [-0.39, 0.29) is 5.56 Å². The number of hydrogen-bond donors (Lipinski definition) is 0. The first-order valence-electron chi connectivity index (χ1n) is 6.78. The third-order valence-corrected chi connectivity index (χ3v) is 4.75. The summed E-state index contributed by atoms with van der Waals surface area (Å²) in [5.74, 6) is 0.550. The van der Waals surface area contributed by atoms with Crippen LogP contribution in [0.3, 0.4) is 0 Å². The van der Waals surface area contributed by atoms with Gasteiger partial charge in [-0.25, -0.2) is 0 Å². The van der Waals surface area contributed by atoms with Gasteiger partial charge in [0.15, 0.2) is 5.82 Å². The lowest BCUT2D eigenvalue weighted by Gasteiger charge is -1.94. The highest BCUT2D eigenvalue weighted by Crippen LogP contribution is 2.19. The van der Waals surface area contributed by atoms with E-state index in [1.165, 1.54) is 15.9 Å². The topological polar surface area (TPSA) is 60.2 Å². The van der Waals surface area contributed by atoms with Crippen LogP contribution in [0.15, 0.2) is 58.1 Å². The molecule has 4 rings (SSSR count). The highest BCUT2D eigenvalue weighted by Gasteiger charge is 2.11. The Kier molecular flexibility index (Phi) is 3.51. The first-order valence-corrected chi connectivity index (χ1v) is 8.39. The molecule has 0 unspecified atom stereocenters. The van der Waals surface area contributed by atoms with Crippen LogP contribution >= 0.6 is 27.3 Å². The summed E-state index contributed by atoms with van der Waals surface area (Å²) in [6.45, 7) is 0. The number of aromatic nitrogens is 4. The van der Waals surface area contributed by atoms with Crippen molar-refractivity contribution in [3.8, 4) is 11.4 Å². The summed E-state index contributed by atoms with van der Waals surface area (Å²) in [6.07, 6.45) is 5.21. The standard InChI is InChI=1S/C16H9BrN4OS/c17-12-5-3-11(4-6-12)14-19-16-21(20-14)15(22)13(23-16)8-10-2-1-7-18-9-10/h1-9H/b13-8-. The van der Waals surface area contributed by atoms with Gasteiger partial charge >= 0.3 is 0 Å². The molecular weight excluding hydrogens is 376 g/mol. The van der Waals surface area contributed by atoms with Crippen molar-refractivity contribution in [2.24, 2.45) is 0 Å². The fourth-order valence-corrected chi connectivity index (χ4v) is 3.34. The van der Waals surface area contributed by atoms with Gasteiger partial charge in [-0.05, 0) is 29.8 Å². The van der Waals surface area contributed by atoms with Gasteiger partial charge in [-0.2, -0.15) is 9.50 Å². The molecule has 0 aliphatic carbocycles. The van der Waals surface area contributed by atoms with Crippen molar-refractivity contribution in [3.05, 3.63) is 73.7 Å². The van der Waals surface area contributed by atoms with Crippen LogP contribution in [0.2, 0.25) is 0 Å². The molecule has 3 aromatic heterocycles. The average Bonchev–Trinajstić information content (AvgIpc) is 3.10. The average molecular weight is 385 g/mol. The van der Waals surface area contributed by atoms with Crippen molar-refractivity contribution in [2.75, 3.05) is 0 Å². The van der Waals surface area contributed by atoms with Crippen molar-refractivity contribution in [3.63, 3.8) is 0 Å². The van der Waals surface area contributed by atoms with E-state index in [0.717, 1.165) is 15.6 Å². The van der Waals surface area contributed by atoms with Gasteiger partial charge in [-0.3, -0.25) is 9.78 Å². The number of fused-ring (bicyclic) bond motifs is 1. The summed E-state index contributed by atoms with van der Waals surface area (Å²) in [4.78, 5) is 21.5. The monoisotopic (exact) mass is 384 g/mol. The van der Waals surface area contributed by atoms with Crippen LogP contribution in [0.25, 0.3) is 22.4 Å². The number of pyridine rings is 1. The molecule has 4 aromatic rings. The number of hydrogen-bond acceptors (Lipinski definition) is 5. The normalized spacial score (nSPS) is 12.1. The zero-order valence-corrected chi connectivity index (χ0v) is 14.1. The van der Waals surface area contributed by atoms with Crippen LogP contribution in [0.5, 0.6) is 0 Å². The molecule has 0 aliphatic heterocycles. The van der Waals surface area contributed by atoms with Crippen molar-refractivity contribution < 1.29 is 0 Å². The summed E-state index contributed by atoms with van der Waals surface area (Å²) in [7, 11) is 0. The molecular formula is C16H9BrN4OS. The molecule has 23 heavy (non-hydrogen) atoms. The third-order valence-electron chi connectivity index (χ3n) is 3.27. The van der Waals surface area contributed by atoms with Crippen molar-refractivity contribution in [2.45, 2.75) is 0 Å². The molecule has 5 nitrogen and oxygen atoms in total. The Labute approximate surface area is 143 Å². The number of benzene rings is 1. The van der Waals surface area contributed by atoms with E-state index in [2.05, 4.69) is 31.0 Å². The van der Waals surface area contributed by atoms with Crippen LogP contribution < -0.4 is 10.1 Å². The minimum atomic E-state index is -0.162. The maximum Gasteiger partial charge on any atom is 0.291 e. The van der Waals surface area contributed by atoms with Gasteiger partial charge in [0.2, 0.25) is 4.96 Å². The zero-order chi connectivity index (χ0) is 15.8. The minimum Gasteiger partial charge on any atom is -0.266 e. The summed E-state index contributed by atoms with van der Waals surface area (Å²) in [5.41, 5.74) is 1.59. The summed E-state index contributed by atoms with van der Waals surface area (Å²) in [5, 5.41) is 4.33. The van der Waals surface area contributed by atoms with E-state index < -0.39 is 0 Å². The molecule has 0 atom stereocenters. The largest absolute Gasteiger partial charge is 0.291 e. The fourth-order valence-electron chi connectivity index (χ4n) is 2.17. The second-order valence-electron chi connectivity index (χ2n) is 4.84. The smallest absolute Gasteiger partial charge is 0.266 e. The highest BCUT2D eigenvalue weighted by molar-refractivity contribution is 9.10. The number of nitrogens with zero attached hydrogens (tertiary/aromatic N) is 4. The van der Waals surface area contributed by atoms with Crippen molar-refractivity contribution in [1.82, 2.24) is 19.6 Å². The lowest BCUT2D eigenvalue weighted by molar-refractivity contribution is 0.937. The Morgan fingerprint density at radius 3 is 2.70 bits per heavy atom. The lowest BCUT2D eigenvalue weighted by atomic mass is 10.2. The number of halogens is 1. The van der Waals surface area contributed by atoms with Crippen LogP contribution in [-0.4, -0.2) is 19.6 Å². The molecule has 0 bridgehead atoms. The lowest BCUT2D eigenvalue weighted by Crippen LogP contribution is -2.23. The molecule has 0 fully saturated rings. The summed E-state index contributed by atoms with van der Waals surface area (Å²) in [6, 6.07) is 11.4. The quantitative estimate of drug-likeness (QED) is 0.532. The van der Waals surface area contributed by atoms with E-state index in [1.54, 1.807) is 18.5 Å². The Morgan fingerprint density at radius 1 is 1.17 bits per heavy atom. The third kappa shape index (κ3) is 2.69. The molecule has 112 valence electrons. The predicted molar refractivity (Wildman–Crippen MR) is 93.3 cm³/mol. The van der Waals surface area contributed by atoms with Gasteiger partial charge in [-0.15, -0.1) is 5.10 Å². The Bertz CT molecular complexity index is 1090. The van der Waals surface area contributed by atoms with Crippen LogP contribution in [0.4, 0.5) is 0 Å². The van der Waals surface area contributed by atoms with Crippen LogP contribution in [-0.2, 0) is 0 Å². The fraction of sp³-hybridized carbons (Fsp3) is 0. The maximum atomic E-state index is 12.4. The molecule has 3 heterocycles. The molecule has 0 amide bonds. The van der Waals surface area contributed by atoms with Gasteiger partial charge in [0.05, 0.1) is 4.53 Å². The number of thiazole rings is 1. The molecule has 0 N–H and O–H groups in total. The molecule has 0 spiro atoms. The molecule has 0 saturated heterocycles. The summed E-state index contributed by atoms with van der Waals surface area (Å²) >= 11 is 4.72. The van der Waals surface area contributed by atoms with Crippen LogP contribution in [0.1, 0.15) is 5.56 Å². The van der Waals surface area contributed by atoms with Gasteiger partial charge < -0.3 is 0 Å². The number of rotatable bonds is 2. The second-order valence-corrected chi connectivity index (χ2v) is 6.76. The molecule has 0 radical (unpaired) electrons.